The number of halogens is 1. The van der Waals surface area contributed by atoms with E-state index in [2.05, 4.69) is 13.8 Å². The normalized spacial score (nSPS) is 12.2. The molecule has 0 saturated heterocycles. The molecule has 0 bridgehead atoms. The molecular formula is C15H22ClNO2. The number of hydrogen-bond acceptors (Lipinski definition) is 2. The molecule has 1 rings (SSSR count). The second-order valence-electron chi connectivity index (χ2n) is 4.71. The monoisotopic (exact) mass is 283 g/mol. The van der Waals surface area contributed by atoms with Crippen molar-refractivity contribution in [2.45, 2.75) is 45.6 Å². The van der Waals surface area contributed by atoms with Gasteiger partial charge in [-0.2, -0.15) is 0 Å². The fourth-order valence-electron chi connectivity index (χ4n) is 2.25. The third-order valence-electron chi connectivity index (χ3n) is 3.25. The fraction of sp³-hybridized carbons (Fsp3) is 0.533. The van der Waals surface area contributed by atoms with E-state index in [1.165, 1.54) is 0 Å². The van der Waals surface area contributed by atoms with E-state index in [1.54, 1.807) is 6.07 Å². The van der Waals surface area contributed by atoms with Crippen molar-refractivity contribution in [3.05, 3.63) is 29.3 Å². The van der Waals surface area contributed by atoms with Crippen molar-refractivity contribution in [1.29, 1.82) is 0 Å². The van der Waals surface area contributed by atoms with Crippen LogP contribution in [0.5, 0.6) is 0 Å². The summed E-state index contributed by atoms with van der Waals surface area (Å²) in [5.41, 5.74) is 0.887. The van der Waals surface area contributed by atoms with Gasteiger partial charge in [0.1, 0.15) is 6.54 Å². The molecule has 0 heterocycles. The van der Waals surface area contributed by atoms with Crippen LogP contribution >= 0.6 is 11.6 Å². The molecule has 0 aromatic heterocycles. The summed E-state index contributed by atoms with van der Waals surface area (Å²) in [5, 5.41) is 9.75. The van der Waals surface area contributed by atoms with Gasteiger partial charge in [0.15, 0.2) is 0 Å². The van der Waals surface area contributed by atoms with E-state index in [-0.39, 0.29) is 12.6 Å². The lowest BCUT2D eigenvalue weighted by molar-refractivity contribution is -0.135. The molecule has 1 aromatic rings. The zero-order valence-corrected chi connectivity index (χ0v) is 12.4. The van der Waals surface area contributed by atoms with Crippen molar-refractivity contribution in [3.63, 3.8) is 0 Å². The van der Waals surface area contributed by atoms with Gasteiger partial charge in [0.25, 0.3) is 0 Å². The summed E-state index contributed by atoms with van der Waals surface area (Å²) in [7, 11) is 0. The first-order valence-corrected chi connectivity index (χ1v) is 7.20. The van der Waals surface area contributed by atoms with Gasteiger partial charge in [-0.15, -0.1) is 0 Å². The molecule has 0 radical (unpaired) electrons. The third-order valence-corrected chi connectivity index (χ3v) is 3.48. The van der Waals surface area contributed by atoms with E-state index in [1.807, 2.05) is 23.1 Å². The SMILES string of the molecule is CCCCC(CC)N(CC(=O)O)c1cccc(Cl)c1. The number of carboxylic acids is 1. The molecule has 0 aliphatic heterocycles. The maximum Gasteiger partial charge on any atom is 0.323 e. The number of aliphatic carboxylic acids is 1. The molecule has 0 aliphatic rings. The number of benzene rings is 1. The Labute approximate surface area is 120 Å². The molecule has 106 valence electrons. The highest BCUT2D eigenvalue weighted by molar-refractivity contribution is 6.30. The minimum atomic E-state index is -0.810. The summed E-state index contributed by atoms with van der Waals surface area (Å²) >= 11 is 6.00. The van der Waals surface area contributed by atoms with Crippen molar-refractivity contribution in [3.8, 4) is 0 Å². The highest BCUT2D eigenvalue weighted by atomic mass is 35.5. The highest BCUT2D eigenvalue weighted by Gasteiger charge is 2.19. The van der Waals surface area contributed by atoms with E-state index < -0.39 is 5.97 Å². The van der Waals surface area contributed by atoms with Crippen LogP contribution in [0.4, 0.5) is 5.69 Å². The van der Waals surface area contributed by atoms with Gasteiger partial charge in [0.05, 0.1) is 0 Å². The number of carboxylic acid groups (broad SMARTS) is 1. The van der Waals surface area contributed by atoms with Gasteiger partial charge >= 0.3 is 5.97 Å². The van der Waals surface area contributed by atoms with Crippen molar-refractivity contribution in [2.75, 3.05) is 11.4 Å². The minimum absolute atomic E-state index is 0.0164. The molecule has 0 amide bonds. The Bertz CT molecular complexity index is 409. The van der Waals surface area contributed by atoms with Crippen LogP contribution in [-0.2, 0) is 4.79 Å². The van der Waals surface area contributed by atoms with Crippen molar-refractivity contribution in [2.24, 2.45) is 0 Å². The number of carbonyl (C=O) groups is 1. The van der Waals surface area contributed by atoms with E-state index in [0.717, 1.165) is 31.4 Å². The summed E-state index contributed by atoms with van der Waals surface area (Å²) in [4.78, 5) is 13.0. The molecule has 1 aromatic carbocycles. The Morgan fingerprint density at radius 3 is 2.68 bits per heavy atom. The number of hydrogen-bond donors (Lipinski definition) is 1. The molecule has 1 atom stereocenters. The topological polar surface area (TPSA) is 40.5 Å². The van der Waals surface area contributed by atoms with Crippen molar-refractivity contribution >= 4 is 23.3 Å². The second-order valence-corrected chi connectivity index (χ2v) is 5.14. The first-order chi connectivity index (χ1) is 9.08. The molecule has 19 heavy (non-hydrogen) atoms. The van der Waals surface area contributed by atoms with Gasteiger partial charge in [0.2, 0.25) is 0 Å². The molecular weight excluding hydrogens is 262 g/mol. The average Bonchev–Trinajstić information content (AvgIpc) is 2.37. The van der Waals surface area contributed by atoms with Crippen LogP contribution in [0.15, 0.2) is 24.3 Å². The molecule has 1 unspecified atom stereocenters. The van der Waals surface area contributed by atoms with Crippen molar-refractivity contribution < 1.29 is 9.90 Å². The molecule has 0 spiro atoms. The molecule has 4 heteroatoms. The van der Waals surface area contributed by atoms with Crippen LogP contribution in [0.1, 0.15) is 39.5 Å². The number of unbranched alkanes of at least 4 members (excludes halogenated alkanes) is 1. The van der Waals surface area contributed by atoms with E-state index in [0.29, 0.717) is 5.02 Å². The van der Waals surface area contributed by atoms with Gasteiger partial charge in [-0.1, -0.05) is 44.4 Å². The van der Waals surface area contributed by atoms with Crippen LogP contribution in [0.3, 0.4) is 0 Å². The largest absolute Gasteiger partial charge is 0.480 e. The number of anilines is 1. The Morgan fingerprint density at radius 1 is 1.42 bits per heavy atom. The first-order valence-electron chi connectivity index (χ1n) is 6.82. The standard InChI is InChI=1S/C15H22ClNO2/c1-3-5-8-13(4-2)17(11-15(18)19)14-9-6-7-12(16)10-14/h6-7,9-10,13H,3-5,8,11H2,1-2H3,(H,18,19). The zero-order valence-electron chi connectivity index (χ0n) is 11.6. The molecule has 1 N–H and O–H groups in total. The van der Waals surface area contributed by atoms with Crippen molar-refractivity contribution in [1.82, 2.24) is 0 Å². The summed E-state index contributed by atoms with van der Waals surface area (Å²) in [5.74, 6) is -0.810. The predicted octanol–water partition coefficient (Wildman–Crippen LogP) is 4.20. The van der Waals surface area contributed by atoms with Gasteiger partial charge in [-0.3, -0.25) is 4.79 Å². The van der Waals surface area contributed by atoms with Gasteiger partial charge in [-0.05, 0) is 31.0 Å². The summed E-state index contributed by atoms with van der Waals surface area (Å²) in [6, 6.07) is 7.66. The lowest BCUT2D eigenvalue weighted by atomic mass is 10.0. The third kappa shape index (κ3) is 5.11. The maximum absolute atomic E-state index is 11.1. The molecule has 0 fully saturated rings. The maximum atomic E-state index is 11.1. The molecule has 3 nitrogen and oxygen atoms in total. The van der Waals surface area contributed by atoms with E-state index >= 15 is 0 Å². The summed E-state index contributed by atoms with van der Waals surface area (Å²) in [6.45, 7) is 4.26. The van der Waals surface area contributed by atoms with Gasteiger partial charge in [0, 0.05) is 16.8 Å². The predicted molar refractivity (Wildman–Crippen MR) is 80.0 cm³/mol. The Kier molecular flexibility index (Phi) is 6.71. The summed E-state index contributed by atoms with van der Waals surface area (Å²) < 4.78 is 0. The Hall–Kier alpha value is -1.22. The Balaban J connectivity index is 2.94. The van der Waals surface area contributed by atoms with E-state index in [4.69, 9.17) is 16.7 Å². The Morgan fingerprint density at radius 2 is 2.16 bits per heavy atom. The first kappa shape index (κ1) is 15.8. The van der Waals surface area contributed by atoms with Crippen LogP contribution in [0, 0.1) is 0 Å². The smallest absolute Gasteiger partial charge is 0.323 e. The lowest BCUT2D eigenvalue weighted by Gasteiger charge is -2.32. The van der Waals surface area contributed by atoms with Crippen LogP contribution in [-0.4, -0.2) is 23.7 Å². The van der Waals surface area contributed by atoms with Crippen LogP contribution in [0.25, 0.3) is 0 Å². The number of nitrogens with zero attached hydrogens (tertiary/aromatic N) is 1. The second kappa shape index (κ2) is 8.05. The quantitative estimate of drug-likeness (QED) is 0.777. The molecule has 0 aliphatic carbocycles. The lowest BCUT2D eigenvalue weighted by Crippen LogP contribution is -2.39. The minimum Gasteiger partial charge on any atom is -0.480 e. The zero-order chi connectivity index (χ0) is 14.3. The van der Waals surface area contributed by atoms with Crippen LogP contribution < -0.4 is 4.90 Å². The molecule has 0 saturated carbocycles. The van der Waals surface area contributed by atoms with Crippen LogP contribution in [0.2, 0.25) is 5.02 Å². The summed E-state index contributed by atoms with van der Waals surface area (Å²) in [6.07, 6.45) is 4.16. The highest BCUT2D eigenvalue weighted by Crippen LogP contribution is 2.24. The van der Waals surface area contributed by atoms with Gasteiger partial charge < -0.3 is 10.0 Å². The van der Waals surface area contributed by atoms with E-state index in [9.17, 15) is 4.79 Å². The number of rotatable bonds is 8. The van der Waals surface area contributed by atoms with Gasteiger partial charge in [-0.25, -0.2) is 0 Å². The fourth-order valence-corrected chi connectivity index (χ4v) is 2.44. The average molecular weight is 284 g/mol.